The van der Waals surface area contributed by atoms with Gasteiger partial charge in [0.05, 0.1) is 0 Å². The molecule has 0 saturated carbocycles. The molecule has 0 aromatic heterocycles. The van der Waals surface area contributed by atoms with Gasteiger partial charge >= 0.3 is 0 Å². The summed E-state index contributed by atoms with van der Waals surface area (Å²) >= 11 is 0. The van der Waals surface area contributed by atoms with E-state index in [0.29, 0.717) is 6.54 Å². The Kier molecular flexibility index (Phi) is 3.51. The zero-order valence-corrected chi connectivity index (χ0v) is 8.53. The first-order valence-electron chi connectivity index (χ1n) is 4.59. The van der Waals surface area contributed by atoms with Gasteiger partial charge in [-0.05, 0) is 24.1 Å². The number of rotatable bonds is 3. The van der Waals surface area contributed by atoms with Crippen LogP contribution in [-0.4, -0.2) is 29.5 Å². The van der Waals surface area contributed by atoms with Crippen LogP contribution < -0.4 is 0 Å². The number of likely N-dealkylation sites (N-methyl/N-ethyl adjacent to an activating group) is 1. The molecule has 1 N–H and O–H groups in total. The van der Waals surface area contributed by atoms with Crippen molar-refractivity contribution in [3.05, 3.63) is 29.8 Å². The van der Waals surface area contributed by atoms with Gasteiger partial charge in [-0.15, -0.1) is 0 Å². The van der Waals surface area contributed by atoms with E-state index in [9.17, 15) is 4.79 Å². The first-order chi connectivity index (χ1) is 6.59. The first kappa shape index (κ1) is 10.6. The quantitative estimate of drug-likeness (QED) is 0.788. The van der Waals surface area contributed by atoms with Crippen LogP contribution >= 0.6 is 0 Å². The van der Waals surface area contributed by atoms with E-state index in [1.54, 1.807) is 31.0 Å². The molecule has 1 aromatic rings. The van der Waals surface area contributed by atoms with Crippen LogP contribution in [0.15, 0.2) is 24.3 Å². The van der Waals surface area contributed by atoms with Crippen LogP contribution in [0.25, 0.3) is 0 Å². The van der Waals surface area contributed by atoms with Gasteiger partial charge in [0.2, 0.25) is 5.91 Å². The van der Waals surface area contributed by atoms with Crippen LogP contribution in [0, 0.1) is 0 Å². The van der Waals surface area contributed by atoms with E-state index >= 15 is 0 Å². The van der Waals surface area contributed by atoms with Crippen LogP contribution in [-0.2, 0) is 11.2 Å². The average Bonchev–Trinajstić information content (AvgIpc) is 2.16. The monoisotopic (exact) mass is 193 g/mol. The number of nitrogens with zero attached hydrogens (tertiary/aromatic N) is 1. The standard InChI is InChI=1S/C11H15NO2/c1-9(13)12(2)8-7-10-3-5-11(14)6-4-10/h3-6,14H,7-8H2,1-2H3. The molecule has 0 aliphatic heterocycles. The van der Waals surface area contributed by atoms with Gasteiger partial charge in [-0.25, -0.2) is 0 Å². The lowest BCUT2D eigenvalue weighted by Crippen LogP contribution is -2.26. The Hall–Kier alpha value is -1.51. The summed E-state index contributed by atoms with van der Waals surface area (Å²) < 4.78 is 0. The molecule has 0 spiro atoms. The molecule has 0 aliphatic carbocycles. The van der Waals surface area contributed by atoms with Gasteiger partial charge in [-0.1, -0.05) is 12.1 Å². The molecule has 0 fully saturated rings. The molecule has 14 heavy (non-hydrogen) atoms. The predicted octanol–water partition coefficient (Wildman–Crippen LogP) is 1.41. The highest BCUT2D eigenvalue weighted by atomic mass is 16.3. The van der Waals surface area contributed by atoms with Crippen molar-refractivity contribution in [2.75, 3.05) is 13.6 Å². The van der Waals surface area contributed by atoms with Gasteiger partial charge in [0.15, 0.2) is 0 Å². The van der Waals surface area contributed by atoms with Crippen molar-refractivity contribution in [3.8, 4) is 5.75 Å². The topological polar surface area (TPSA) is 40.5 Å². The van der Waals surface area contributed by atoms with Crippen molar-refractivity contribution in [1.29, 1.82) is 0 Å². The minimum atomic E-state index is 0.0729. The first-order valence-corrected chi connectivity index (χ1v) is 4.59. The summed E-state index contributed by atoms with van der Waals surface area (Å²) in [7, 11) is 1.78. The Morgan fingerprint density at radius 3 is 2.43 bits per heavy atom. The third-order valence-corrected chi connectivity index (χ3v) is 2.21. The lowest BCUT2D eigenvalue weighted by atomic mass is 10.1. The van der Waals surface area contributed by atoms with E-state index in [1.807, 2.05) is 12.1 Å². The molecule has 0 saturated heterocycles. The van der Waals surface area contributed by atoms with Crippen molar-refractivity contribution in [1.82, 2.24) is 4.90 Å². The highest BCUT2D eigenvalue weighted by Gasteiger charge is 2.01. The minimum absolute atomic E-state index is 0.0729. The number of phenolic OH excluding ortho intramolecular Hbond substituents is 1. The van der Waals surface area contributed by atoms with Crippen molar-refractivity contribution in [3.63, 3.8) is 0 Å². The van der Waals surface area contributed by atoms with Gasteiger partial charge in [0, 0.05) is 20.5 Å². The highest BCUT2D eigenvalue weighted by molar-refractivity contribution is 5.72. The Morgan fingerprint density at radius 2 is 1.93 bits per heavy atom. The predicted molar refractivity (Wildman–Crippen MR) is 55.1 cm³/mol. The number of hydrogen-bond acceptors (Lipinski definition) is 2. The fourth-order valence-corrected chi connectivity index (χ4v) is 1.12. The molecule has 0 radical (unpaired) electrons. The average molecular weight is 193 g/mol. The summed E-state index contributed by atoms with van der Waals surface area (Å²) in [5.41, 5.74) is 1.12. The third-order valence-electron chi connectivity index (χ3n) is 2.21. The van der Waals surface area contributed by atoms with Crippen LogP contribution in [0.4, 0.5) is 0 Å². The van der Waals surface area contributed by atoms with Crippen molar-refractivity contribution < 1.29 is 9.90 Å². The number of carbonyl (C=O) groups excluding carboxylic acids is 1. The van der Waals surface area contributed by atoms with E-state index in [-0.39, 0.29) is 11.7 Å². The van der Waals surface area contributed by atoms with Crippen LogP contribution in [0.5, 0.6) is 5.75 Å². The maximum absolute atomic E-state index is 10.9. The zero-order valence-electron chi connectivity index (χ0n) is 8.53. The molecular weight excluding hydrogens is 178 g/mol. The summed E-state index contributed by atoms with van der Waals surface area (Å²) in [6.45, 7) is 2.26. The zero-order chi connectivity index (χ0) is 10.6. The van der Waals surface area contributed by atoms with E-state index in [1.165, 1.54) is 0 Å². The second-order valence-corrected chi connectivity index (χ2v) is 3.36. The third kappa shape index (κ3) is 3.09. The number of benzene rings is 1. The molecule has 0 bridgehead atoms. The minimum Gasteiger partial charge on any atom is -0.508 e. The summed E-state index contributed by atoms with van der Waals surface area (Å²) in [4.78, 5) is 12.6. The maximum atomic E-state index is 10.9. The van der Waals surface area contributed by atoms with Gasteiger partial charge < -0.3 is 10.0 Å². The summed E-state index contributed by atoms with van der Waals surface area (Å²) in [5.74, 6) is 0.345. The second kappa shape index (κ2) is 4.65. The highest BCUT2D eigenvalue weighted by Crippen LogP contribution is 2.10. The number of carbonyl (C=O) groups is 1. The summed E-state index contributed by atoms with van der Waals surface area (Å²) in [6, 6.07) is 7.04. The Morgan fingerprint density at radius 1 is 1.36 bits per heavy atom. The molecular formula is C11H15NO2. The lowest BCUT2D eigenvalue weighted by molar-refractivity contribution is -0.127. The largest absolute Gasteiger partial charge is 0.508 e. The molecule has 0 atom stereocenters. The van der Waals surface area contributed by atoms with E-state index < -0.39 is 0 Å². The van der Waals surface area contributed by atoms with Gasteiger partial charge in [-0.2, -0.15) is 0 Å². The molecule has 3 nitrogen and oxygen atoms in total. The van der Waals surface area contributed by atoms with E-state index in [2.05, 4.69) is 0 Å². The molecule has 0 aliphatic rings. The van der Waals surface area contributed by atoms with Crippen LogP contribution in [0.3, 0.4) is 0 Å². The summed E-state index contributed by atoms with van der Waals surface area (Å²) in [6.07, 6.45) is 0.816. The summed E-state index contributed by atoms with van der Waals surface area (Å²) in [5, 5.41) is 9.06. The molecule has 76 valence electrons. The number of hydrogen-bond donors (Lipinski definition) is 1. The number of aromatic hydroxyl groups is 1. The SMILES string of the molecule is CC(=O)N(C)CCc1ccc(O)cc1. The molecule has 0 unspecified atom stereocenters. The van der Waals surface area contributed by atoms with Crippen LogP contribution in [0.2, 0.25) is 0 Å². The number of phenols is 1. The van der Waals surface area contributed by atoms with E-state index in [0.717, 1.165) is 12.0 Å². The molecule has 1 aromatic carbocycles. The van der Waals surface area contributed by atoms with Crippen molar-refractivity contribution in [2.45, 2.75) is 13.3 Å². The van der Waals surface area contributed by atoms with Gasteiger partial charge in [-0.3, -0.25) is 4.79 Å². The Bertz CT molecular complexity index is 306. The second-order valence-electron chi connectivity index (χ2n) is 3.36. The fraction of sp³-hybridized carbons (Fsp3) is 0.364. The fourth-order valence-electron chi connectivity index (χ4n) is 1.12. The molecule has 3 heteroatoms. The maximum Gasteiger partial charge on any atom is 0.219 e. The number of amides is 1. The van der Waals surface area contributed by atoms with Crippen molar-refractivity contribution >= 4 is 5.91 Å². The Labute approximate surface area is 84.0 Å². The molecule has 0 heterocycles. The smallest absolute Gasteiger partial charge is 0.219 e. The lowest BCUT2D eigenvalue weighted by Gasteiger charge is -2.14. The normalized spacial score (nSPS) is 9.86. The van der Waals surface area contributed by atoms with E-state index in [4.69, 9.17) is 5.11 Å². The van der Waals surface area contributed by atoms with Crippen LogP contribution in [0.1, 0.15) is 12.5 Å². The Balaban J connectivity index is 2.46. The molecule has 1 rings (SSSR count). The molecule has 1 amide bonds. The van der Waals surface area contributed by atoms with Gasteiger partial charge in [0.25, 0.3) is 0 Å². The van der Waals surface area contributed by atoms with Gasteiger partial charge in [0.1, 0.15) is 5.75 Å². The van der Waals surface area contributed by atoms with Crippen molar-refractivity contribution in [2.24, 2.45) is 0 Å².